The largest absolute Gasteiger partial charge is 0.353 e. The van der Waals surface area contributed by atoms with Crippen molar-refractivity contribution in [3.8, 4) is 0 Å². The highest BCUT2D eigenvalue weighted by Crippen LogP contribution is 2.20. The van der Waals surface area contributed by atoms with Gasteiger partial charge in [0.1, 0.15) is 0 Å². The number of carbonyl (C=O) groups excluding carboxylic acids is 2. The molecule has 1 N–H and O–H groups in total. The number of amides is 2. The van der Waals surface area contributed by atoms with Crippen LogP contribution in [0, 0.1) is 0 Å². The molecule has 1 fully saturated rings. The Morgan fingerprint density at radius 2 is 1.82 bits per heavy atom. The van der Waals surface area contributed by atoms with Gasteiger partial charge in [0.25, 0.3) is 0 Å². The molecule has 1 saturated carbocycles. The maximum absolute atomic E-state index is 12.1. The quantitative estimate of drug-likeness (QED) is 0.864. The fraction of sp³-hybridized carbons (Fsp3) is 0.529. The number of nitrogens with one attached hydrogen (secondary N) is 1. The van der Waals surface area contributed by atoms with E-state index >= 15 is 0 Å². The number of carbonyl (C=O) groups is 2. The van der Waals surface area contributed by atoms with Gasteiger partial charge in [-0.1, -0.05) is 35.2 Å². The molecule has 120 valence electrons. The first-order valence-electron chi connectivity index (χ1n) is 7.89. The Balaban J connectivity index is 1.87. The van der Waals surface area contributed by atoms with E-state index in [0.717, 1.165) is 23.0 Å². The van der Waals surface area contributed by atoms with Crippen LogP contribution < -0.4 is 10.2 Å². The number of anilines is 1. The van der Waals surface area contributed by atoms with Crippen molar-refractivity contribution in [2.75, 3.05) is 11.4 Å². The molecule has 0 spiro atoms. The first kappa shape index (κ1) is 17.0. The van der Waals surface area contributed by atoms with E-state index in [9.17, 15) is 9.59 Å². The average molecular weight is 367 g/mol. The van der Waals surface area contributed by atoms with E-state index in [0.29, 0.717) is 19.0 Å². The Morgan fingerprint density at radius 1 is 1.18 bits per heavy atom. The Morgan fingerprint density at radius 3 is 2.41 bits per heavy atom. The Kier molecular flexibility index (Phi) is 6.43. The van der Waals surface area contributed by atoms with E-state index in [2.05, 4.69) is 21.2 Å². The zero-order chi connectivity index (χ0) is 15.9. The van der Waals surface area contributed by atoms with Crippen LogP contribution in [0.2, 0.25) is 0 Å². The summed E-state index contributed by atoms with van der Waals surface area (Å²) in [5.74, 6) is -0.0111. The number of hydrogen-bond acceptors (Lipinski definition) is 2. The van der Waals surface area contributed by atoms with Crippen LogP contribution in [-0.2, 0) is 9.59 Å². The van der Waals surface area contributed by atoms with Crippen molar-refractivity contribution in [3.63, 3.8) is 0 Å². The van der Waals surface area contributed by atoms with E-state index < -0.39 is 0 Å². The number of benzene rings is 1. The second-order valence-electron chi connectivity index (χ2n) is 5.80. The van der Waals surface area contributed by atoms with Gasteiger partial charge in [-0.25, -0.2) is 0 Å². The summed E-state index contributed by atoms with van der Waals surface area (Å²) in [6.45, 7) is 1.94. The fourth-order valence-electron chi connectivity index (χ4n) is 2.85. The monoisotopic (exact) mass is 366 g/mol. The van der Waals surface area contributed by atoms with E-state index in [4.69, 9.17) is 0 Å². The number of nitrogens with zero attached hydrogens (tertiary/aromatic N) is 1. The topological polar surface area (TPSA) is 49.4 Å². The molecule has 4 nitrogen and oxygen atoms in total. The van der Waals surface area contributed by atoms with E-state index in [1.165, 1.54) is 26.2 Å². The third-order valence-electron chi connectivity index (χ3n) is 4.05. The molecule has 0 bridgehead atoms. The highest BCUT2D eigenvalue weighted by atomic mass is 79.9. The van der Waals surface area contributed by atoms with Gasteiger partial charge in [-0.05, 0) is 37.1 Å². The molecule has 1 aromatic carbocycles. The third-order valence-corrected chi connectivity index (χ3v) is 4.58. The lowest BCUT2D eigenvalue weighted by molar-refractivity contribution is -0.121. The van der Waals surface area contributed by atoms with Crippen molar-refractivity contribution in [2.24, 2.45) is 0 Å². The minimum absolute atomic E-state index is 0.0373. The Labute approximate surface area is 140 Å². The first-order valence-corrected chi connectivity index (χ1v) is 8.68. The summed E-state index contributed by atoms with van der Waals surface area (Å²) in [5, 5.41) is 3.09. The summed E-state index contributed by atoms with van der Waals surface area (Å²) in [6, 6.07) is 7.87. The molecule has 2 amide bonds. The van der Waals surface area contributed by atoms with Gasteiger partial charge in [-0.2, -0.15) is 0 Å². The normalized spacial score (nSPS) is 15.4. The number of halogens is 1. The van der Waals surface area contributed by atoms with Gasteiger partial charge in [-0.15, -0.1) is 0 Å². The molecule has 2 rings (SSSR count). The van der Waals surface area contributed by atoms with Gasteiger partial charge in [0.2, 0.25) is 11.8 Å². The molecule has 0 aromatic heterocycles. The minimum atomic E-state index is -0.0483. The van der Waals surface area contributed by atoms with Crippen LogP contribution in [-0.4, -0.2) is 24.4 Å². The summed E-state index contributed by atoms with van der Waals surface area (Å²) in [4.78, 5) is 25.5. The van der Waals surface area contributed by atoms with Crippen molar-refractivity contribution >= 4 is 33.4 Å². The molecule has 5 heteroatoms. The molecule has 1 aliphatic carbocycles. The van der Waals surface area contributed by atoms with Crippen LogP contribution in [0.1, 0.15) is 45.4 Å². The average Bonchev–Trinajstić information content (AvgIpc) is 2.50. The second-order valence-corrected chi connectivity index (χ2v) is 6.72. The summed E-state index contributed by atoms with van der Waals surface area (Å²) in [5.41, 5.74) is 0.821. The van der Waals surface area contributed by atoms with E-state index in [1.54, 1.807) is 4.90 Å². The molecule has 0 heterocycles. The predicted octanol–water partition coefficient (Wildman–Crippen LogP) is 3.64. The van der Waals surface area contributed by atoms with Crippen molar-refractivity contribution in [2.45, 2.75) is 51.5 Å². The molecule has 0 atom stereocenters. The summed E-state index contributed by atoms with van der Waals surface area (Å²) >= 11 is 3.38. The summed E-state index contributed by atoms with van der Waals surface area (Å²) < 4.78 is 0.967. The van der Waals surface area contributed by atoms with Gasteiger partial charge in [0.05, 0.1) is 0 Å². The lowest BCUT2D eigenvalue weighted by atomic mass is 9.95. The lowest BCUT2D eigenvalue weighted by Crippen LogP contribution is -2.39. The van der Waals surface area contributed by atoms with Crippen molar-refractivity contribution in [1.29, 1.82) is 0 Å². The standard InChI is InChI=1S/C17H23BrN2O2/c1-13(21)20(16-9-7-14(18)8-10-16)12-11-17(22)19-15-5-3-2-4-6-15/h7-10,15H,2-6,11-12H2,1H3,(H,19,22). The van der Waals surface area contributed by atoms with Crippen molar-refractivity contribution < 1.29 is 9.59 Å². The van der Waals surface area contributed by atoms with Crippen molar-refractivity contribution in [1.82, 2.24) is 5.32 Å². The second kappa shape index (κ2) is 8.32. The maximum atomic E-state index is 12.1. The van der Waals surface area contributed by atoms with Crippen LogP contribution >= 0.6 is 15.9 Å². The molecule has 1 aliphatic rings. The molecule has 1 aromatic rings. The van der Waals surface area contributed by atoms with Crippen molar-refractivity contribution in [3.05, 3.63) is 28.7 Å². The molecular weight excluding hydrogens is 344 g/mol. The molecule has 0 unspecified atom stereocenters. The SMILES string of the molecule is CC(=O)N(CCC(=O)NC1CCCCC1)c1ccc(Br)cc1. The highest BCUT2D eigenvalue weighted by molar-refractivity contribution is 9.10. The van der Waals surface area contributed by atoms with Crippen LogP contribution in [0.4, 0.5) is 5.69 Å². The lowest BCUT2D eigenvalue weighted by Gasteiger charge is -2.24. The van der Waals surface area contributed by atoms with Crippen LogP contribution in [0.25, 0.3) is 0 Å². The van der Waals surface area contributed by atoms with Gasteiger partial charge in [0, 0.05) is 36.1 Å². The van der Waals surface area contributed by atoms with Gasteiger partial charge < -0.3 is 10.2 Å². The number of hydrogen-bond donors (Lipinski definition) is 1. The zero-order valence-corrected chi connectivity index (χ0v) is 14.6. The van der Waals surface area contributed by atoms with Crippen LogP contribution in [0.15, 0.2) is 28.7 Å². The maximum Gasteiger partial charge on any atom is 0.223 e. The number of rotatable bonds is 5. The summed E-state index contributed by atoms with van der Waals surface area (Å²) in [6.07, 6.45) is 6.16. The van der Waals surface area contributed by atoms with Gasteiger partial charge in [0.15, 0.2) is 0 Å². The smallest absolute Gasteiger partial charge is 0.223 e. The third kappa shape index (κ3) is 5.13. The molecule has 0 radical (unpaired) electrons. The Hall–Kier alpha value is -1.36. The van der Waals surface area contributed by atoms with E-state index in [-0.39, 0.29) is 11.8 Å². The van der Waals surface area contributed by atoms with Crippen LogP contribution in [0.5, 0.6) is 0 Å². The molecule has 0 aliphatic heterocycles. The predicted molar refractivity (Wildman–Crippen MR) is 91.8 cm³/mol. The highest BCUT2D eigenvalue weighted by Gasteiger charge is 2.17. The zero-order valence-electron chi connectivity index (χ0n) is 13.0. The van der Waals surface area contributed by atoms with Crippen LogP contribution in [0.3, 0.4) is 0 Å². The minimum Gasteiger partial charge on any atom is -0.353 e. The first-order chi connectivity index (χ1) is 10.6. The summed E-state index contributed by atoms with van der Waals surface area (Å²) in [7, 11) is 0. The van der Waals surface area contributed by atoms with Gasteiger partial charge in [-0.3, -0.25) is 9.59 Å². The van der Waals surface area contributed by atoms with E-state index in [1.807, 2.05) is 24.3 Å². The fourth-order valence-corrected chi connectivity index (χ4v) is 3.11. The molecular formula is C17H23BrN2O2. The molecule has 22 heavy (non-hydrogen) atoms. The van der Waals surface area contributed by atoms with Gasteiger partial charge >= 0.3 is 0 Å². The molecule has 0 saturated heterocycles. The Bertz CT molecular complexity index is 510.